The maximum absolute atomic E-state index is 11.4. The third-order valence-electron chi connectivity index (χ3n) is 3.72. The van der Waals surface area contributed by atoms with E-state index in [1.807, 2.05) is 12.1 Å². The van der Waals surface area contributed by atoms with Crippen LogP contribution in [0.2, 0.25) is 0 Å². The number of carboxylic acid groups (broad SMARTS) is 1. The Morgan fingerprint density at radius 3 is 2.60 bits per heavy atom. The molecule has 1 atom stereocenters. The second-order valence-corrected chi connectivity index (χ2v) is 6.25. The minimum Gasteiger partial charge on any atom is -0.465 e. The van der Waals surface area contributed by atoms with Crippen LogP contribution in [0.4, 0.5) is 16.3 Å². The SMILES string of the molecule is CC(C)(C)C1CN(c2ccc(N)cn2)CCN1C(=O)O. The first-order valence-electron chi connectivity index (χ1n) is 6.75. The highest BCUT2D eigenvalue weighted by Gasteiger charge is 2.38. The molecule has 1 aromatic heterocycles. The van der Waals surface area contributed by atoms with Crippen LogP contribution in [-0.4, -0.2) is 46.8 Å². The third-order valence-corrected chi connectivity index (χ3v) is 3.72. The number of amides is 1. The first kappa shape index (κ1) is 14.4. The maximum atomic E-state index is 11.4. The number of hydrogen-bond donors (Lipinski definition) is 2. The van der Waals surface area contributed by atoms with Crippen molar-refractivity contribution in [1.29, 1.82) is 0 Å². The smallest absolute Gasteiger partial charge is 0.407 e. The fraction of sp³-hybridized carbons (Fsp3) is 0.571. The van der Waals surface area contributed by atoms with E-state index in [0.717, 1.165) is 5.82 Å². The van der Waals surface area contributed by atoms with Gasteiger partial charge in [0, 0.05) is 19.6 Å². The first-order valence-corrected chi connectivity index (χ1v) is 6.75. The minimum atomic E-state index is -0.852. The molecule has 2 heterocycles. The molecule has 110 valence electrons. The fourth-order valence-electron chi connectivity index (χ4n) is 2.55. The summed E-state index contributed by atoms with van der Waals surface area (Å²) in [5.74, 6) is 0.846. The molecule has 0 saturated carbocycles. The van der Waals surface area contributed by atoms with Gasteiger partial charge in [-0.3, -0.25) is 0 Å². The van der Waals surface area contributed by atoms with E-state index in [0.29, 0.717) is 25.3 Å². The lowest BCUT2D eigenvalue weighted by atomic mass is 9.84. The molecule has 20 heavy (non-hydrogen) atoms. The van der Waals surface area contributed by atoms with Crippen molar-refractivity contribution in [3.63, 3.8) is 0 Å². The zero-order valence-corrected chi connectivity index (χ0v) is 12.2. The van der Waals surface area contributed by atoms with E-state index in [4.69, 9.17) is 5.73 Å². The highest BCUT2D eigenvalue weighted by atomic mass is 16.4. The van der Waals surface area contributed by atoms with Crippen LogP contribution in [0.3, 0.4) is 0 Å². The highest BCUT2D eigenvalue weighted by molar-refractivity contribution is 5.66. The largest absolute Gasteiger partial charge is 0.465 e. The van der Waals surface area contributed by atoms with Crippen LogP contribution >= 0.6 is 0 Å². The molecule has 2 rings (SSSR count). The molecule has 0 bridgehead atoms. The van der Waals surface area contributed by atoms with Gasteiger partial charge in [-0.1, -0.05) is 20.8 Å². The molecule has 0 aromatic carbocycles. The summed E-state index contributed by atoms with van der Waals surface area (Å²) in [5, 5.41) is 9.34. The van der Waals surface area contributed by atoms with Gasteiger partial charge in [0.2, 0.25) is 0 Å². The van der Waals surface area contributed by atoms with Crippen molar-refractivity contribution in [3.05, 3.63) is 18.3 Å². The van der Waals surface area contributed by atoms with Crippen LogP contribution in [-0.2, 0) is 0 Å². The summed E-state index contributed by atoms with van der Waals surface area (Å²) in [4.78, 5) is 19.4. The molecule has 1 amide bonds. The van der Waals surface area contributed by atoms with E-state index in [1.165, 1.54) is 4.90 Å². The molecule has 1 fully saturated rings. The van der Waals surface area contributed by atoms with Crippen LogP contribution in [0.25, 0.3) is 0 Å². The molecule has 1 saturated heterocycles. The molecular formula is C14H22N4O2. The van der Waals surface area contributed by atoms with Crippen molar-refractivity contribution in [2.45, 2.75) is 26.8 Å². The molecule has 1 unspecified atom stereocenters. The first-order chi connectivity index (χ1) is 9.29. The summed E-state index contributed by atoms with van der Waals surface area (Å²) >= 11 is 0. The van der Waals surface area contributed by atoms with E-state index in [2.05, 4.69) is 30.7 Å². The van der Waals surface area contributed by atoms with Crippen molar-refractivity contribution in [3.8, 4) is 0 Å². The quantitative estimate of drug-likeness (QED) is 0.819. The Morgan fingerprint density at radius 2 is 2.10 bits per heavy atom. The van der Waals surface area contributed by atoms with Crippen LogP contribution in [0.5, 0.6) is 0 Å². The predicted molar refractivity (Wildman–Crippen MR) is 78.8 cm³/mol. The lowest BCUT2D eigenvalue weighted by Gasteiger charge is -2.46. The van der Waals surface area contributed by atoms with Gasteiger partial charge in [-0.15, -0.1) is 0 Å². The highest BCUT2D eigenvalue weighted by Crippen LogP contribution is 2.29. The van der Waals surface area contributed by atoms with Gasteiger partial charge >= 0.3 is 6.09 Å². The van der Waals surface area contributed by atoms with Crippen molar-refractivity contribution < 1.29 is 9.90 Å². The summed E-state index contributed by atoms with van der Waals surface area (Å²) in [6.45, 7) is 7.97. The molecule has 1 aliphatic rings. The van der Waals surface area contributed by atoms with Crippen LogP contribution in [0.15, 0.2) is 18.3 Å². The average Bonchev–Trinajstić information content (AvgIpc) is 2.38. The molecule has 6 nitrogen and oxygen atoms in total. The minimum absolute atomic E-state index is 0.0619. The molecule has 1 aromatic rings. The Morgan fingerprint density at radius 1 is 1.40 bits per heavy atom. The van der Waals surface area contributed by atoms with Crippen LogP contribution < -0.4 is 10.6 Å². The van der Waals surface area contributed by atoms with Crippen LogP contribution in [0, 0.1) is 5.41 Å². The second kappa shape index (κ2) is 5.19. The Kier molecular flexibility index (Phi) is 3.74. The number of rotatable bonds is 1. The number of nitrogen functional groups attached to an aromatic ring is 1. The molecule has 0 radical (unpaired) electrons. The number of carbonyl (C=O) groups is 1. The summed E-state index contributed by atoms with van der Waals surface area (Å²) in [5.41, 5.74) is 6.16. The summed E-state index contributed by atoms with van der Waals surface area (Å²) in [6.07, 6.45) is 0.778. The van der Waals surface area contributed by atoms with Gasteiger partial charge in [0.15, 0.2) is 0 Å². The normalized spacial score (nSPS) is 20.1. The standard InChI is InChI=1S/C14H22N4O2/c1-14(2,3)11-9-17(6-7-18(11)13(19)20)12-5-4-10(15)8-16-12/h4-5,8,11H,6-7,9,15H2,1-3H3,(H,19,20). The molecule has 1 aliphatic heterocycles. The Labute approximate surface area is 119 Å². The van der Waals surface area contributed by atoms with E-state index in [9.17, 15) is 9.90 Å². The molecular weight excluding hydrogens is 256 g/mol. The number of pyridine rings is 1. The van der Waals surface area contributed by atoms with E-state index in [-0.39, 0.29) is 11.5 Å². The number of aromatic nitrogens is 1. The number of piperazine rings is 1. The number of nitrogens with zero attached hydrogens (tertiary/aromatic N) is 3. The predicted octanol–water partition coefficient (Wildman–Crippen LogP) is 1.88. The number of nitrogens with two attached hydrogens (primary N) is 1. The van der Waals surface area contributed by atoms with E-state index < -0.39 is 6.09 Å². The van der Waals surface area contributed by atoms with Gasteiger partial charge in [-0.25, -0.2) is 9.78 Å². The summed E-state index contributed by atoms with van der Waals surface area (Å²) in [7, 11) is 0. The Hall–Kier alpha value is -1.98. The Balaban J connectivity index is 2.20. The summed E-state index contributed by atoms with van der Waals surface area (Å²) < 4.78 is 0. The van der Waals surface area contributed by atoms with Crippen LogP contribution in [0.1, 0.15) is 20.8 Å². The van der Waals surface area contributed by atoms with Gasteiger partial charge in [-0.2, -0.15) is 0 Å². The topological polar surface area (TPSA) is 82.7 Å². The number of hydrogen-bond acceptors (Lipinski definition) is 4. The van der Waals surface area contributed by atoms with Crippen molar-refractivity contribution in [2.75, 3.05) is 30.3 Å². The lowest BCUT2D eigenvalue weighted by Crippen LogP contribution is -2.59. The van der Waals surface area contributed by atoms with Gasteiger partial charge in [-0.05, 0) is 17.5 Å². The second-order valence-electron chi connectivity index (χ2n) is 6.25. The average molecular weight is 278 g/mol. The van der Waals surface area contributed by atoms with Crippen molar-refractivity contribution in [1.82, 2.24) is 9.88 Å². The van der Waals surface area contributed by atoms with Gasteiger partial charge in [0.25, 0.3) is 0 Å². The zero-order valence-electron chi connectivity index (χ0n) is 12.2. The third kappa shape index (κ3) is 2.95. The van der Waals surface area contributed by atoms with Crippen molar-refractivity contribution >= 4 is 17.6 Å². The van der Waals surface area contributed by atoms with Gasteiger partial charge in [0.1, 0.15) is 5.82 Å². The van der Waals surface area contributed by atoms with Gasteiger partial charge < -0.3 is 20.6 Å². The monoisotopic (exact) mass is 278 g/mol. The van der Waals surface area contributed by atoms with E-state index in [1.54, 1.807) is 6.20 Å². The lowest BCUT2D eigenvalue weighted by molar-refractivity contribution is 0.0747. The molecule has 3 N–H and O–H groups in total. The zero-order chi connectivity index (χ0) is 14.9. The summed E-state index contributed by atoms with van der Waals surface area (Å²) in [6, 6.07) is 3.64. The van der Waals surface area contributed by atoms with E-state index >= 15 is 0 Å². The maximum Gasteiger partial charge on any atom is 0.407 e. The Bertz CT molecular complexity index is 481. The molecule has 0 aliphatic carbocycles. The van der Waals surface area contributed by atoms with Gasteiger partial charge in [0.05, 0.1) is 17.9 Å². The molecule has 0 spiro atoms. The molecule has 6 heteroatoms. The number of anilines is 2. The van der Waals surface area contributed by atoms with Crippen molar-refractivity contribution in [2.24, 2.45) is 5.41 Å². The fourth-order valence-corrected chi connectivity index (χ4v) is 2.55.